The van der Waals surface area contributed by atoms with Crippen molar-refractivity contribution in [2.24, 2.45) is 0 Å². The van der Waals surface area contributed by atoms with Gasteiger partial charge in [0.15, 0.2) is 0 Å². The number of piperazine rings is 1. The van der Waals surface area contributed by atoms with E-state index in [0.717, 1.165) is 31.6 Å². The first kappa shape index (κ1) is 18.5. The molecule has 134 valence electrons. The highest BCUT2D eigenvalue weighted by Gasteiger charge is 2.31. The third-order valence-corrected chi connectivity index (χ3v) is 6.72. The second kappa shape index (κ2) is 7.94. The zero-order valence-corrected chi connectivity index (χ0v) is 17.2. The molecule has 0 spiro atoms. The Morgan fingerprint density at radius 3 is 2.84 bits per heavy atom. The molecule has 3 rings (SSSR count). The second-order valence-electron chi connectivity index (χ2n) is 6.80. The standard InChI is InChI=1S/C20H25BrN2OS/c1-4-8-22-11-15(3)23(12-14(22)2)20-18(21)13-25-19(20)10-16-6-5-7-17(24)9-16/h4-7,9,13-15,24H,1,8,10-12H2,2-3H3/t14-,15+/m1/s1. The van der Waals surface area contributed by atoms with Gasteiger partial charge in [-0.3, -0.25) is 4.90 Å². The van der Waals surface area contributed by atoms with Gasteiger partial charge in [-0.15, -0.1) is 17.9 Å². The molecule has 3 nitrogen and oxygen atoms in total. The number of anilines is 1. The monoisotopic (exact) mass is 420 g/mol. The average molecular weight is 421 g/mol. The van der Waals surface area contributed by atoms with Crippen LogP contribution < -0.4 is 4.90 Å². The van der Waals surface area contributed by atoms with E-state index in [1.165, 1.54) is 15.0 Å². The first-order valence-corrected chi connectivity index (χ1v) is 10.3. The molecular weight excluding hydrogens is 396 g/mol. The Balaban J connectivity index is 1.85. The predicted molar refractivity (Wildman–Crippen MR) is 111 cm³/mol. The molecule has 2 atom stereocenters. The van der Waals surface area contributed by atoms with E-state index in [1.54, 1.807) is 17.4 Å². The highest BCUT2D eigenvalue weighted by molar-refractivity contribution is 9.10. The van der Waals surface area contributed by atoms with Crippen molar-refractivity contribution in [3.8, 4) is 5.75 Å². The fourth-order valence-corrected chi connectivity index (χ4v) is 5.40. The molecule has 1 aliphatic heterocycles. The Bertz CT molecular complexity index is 745. The van der Waals surface area contributed by atoms with Crippen LogP contribution in [0, 0.1) is 0 Å². The van der Waals surface area contributed by atoms with Crippen LogP contribution in [0.25, 0.3) is 0 Å². The highest BCUT2D eigenvalue weighted by Crippen LogP contribution is 2.39. The first-order valence-electron chi connectivity index (χ1n) is 8.65. The lowest BCUT2D eigenvalue weighted by Gasteiger charge is -2.45. The van der Waals surface area contributed by atoms with Gasteiger partial charge >= 0.3 is 0 Å². The van der Waals surface area contributed by atoms with Gasteiger partial charge in [0.2, 0.25) is 0 Å². The quantitative estimate of drug-likeness (QED) is 0.697. The fraction of sp³-hybridized carbons (Fsp3) is 0.400. The molecule has 1 aromatic heterocycles. The average Bonchev–Trinajstić information content (AvgIpc) is 2.91. The topological polar surface area (TPSA) is 26.7 Å². The number of thiophene rings is 1. The van der Waals surface area contributed by atoms with Crippen LogP contribution in [0.5, 0.6) is 5.75 Å². The molecule has 2 aromatic rings. The summed E-state index contributed by atoms with van der Waals surface area (Å²) in [7, 11) is 0. The molecule has 1 fully saturated rings. The summed E-state index contributed by atoms with van der Waals surface area (Å²) in [5.41, 5.74) is 2.45. The molecule has 0 radical (unpaired) electrons. The van der Waals surface area contributed by atoms with E-state index in [4.69, 9.17) is 0 Å². The maximum atomic E-state index is 9.74. The van der Waals surface area contributed by atoms with E-state index >= 15 is 0 Å². The van der Waals surface area contributed by atoms with Crippen LogP contribution in [0.1, 0.15) is 24.3 Å². The summed E-state index contributed by atoms with van der Waals surface area (Å²) >= 11 is 5.55. The van der Waals surface area contributed by atoms with Gasteiger partial charge in [-0.2, -0.15) is 0 Å². The first-order chi connectivity index (χ1) is 12.0. The molecule has 0 amide bonds. The minimum atomic E-state index is 0.328. The maximum Gasteiger partial charge on any atom is 0.115 e. The summed E-state index contributed by atoms with van der Waals surface area (Å²) in [5, 5.41) is 11.9. The van der Waals surface area contributed by atoms with Crippen molar-refractivity contribution in [3.63, 3.8) is 0 Å². The third-order valence-electron chi connectivity index (χ3n) is 4.84. The Morgan fingerprint density at radius 1 is 1.32 bits per heavy atom. The second-order valence-corrected chi connectivity index (χ2v) is 8.61. The molecule has 0 saturated carbocycles. The fourth-order valence-electron chi connectivity index (χ4n) is 3.57. The van der Waals surface area contributed by atoms with E-state index in [9.17, 15) is 5.11 Å². The van der Waals surface area contributed by atoms with E-state index in [2.05, 4.69) is 57.6 Å². The van der Waals surface area contributed by atoms with Crippen LogP contribution in [0.15, 0.2) is 46.8 Å². The van der Waals surface area contributed by atoms with Crippen LogP contribution in [-0.4, -0.2) is 41.7 Å². The van der Waals surface area contributed by atoms with Crippen molar-refractivity contribution in [1.82, 2.24) is 4.90 Å². The summed E-state index contributed by atoms with van der Waals surface area (Å²) in [6.45, 7) is 11.5. The number of halogens is 1. The molecule has 1 aliphatic rings. The lowest BCUT2D eigenvalue weighted by atomic mass is 10.1. The van der Waals surface area contributed by atoms with Gasteiger partial charge in [-0.05, 0) is 47.5 Å². The van der Waals surface area contributed by atoms with Crippen molar-refractivity contribution >= 4 is 33.0 Å². The number of aromatic hydroxyl groups is 1. The Kier molecular flexibility index (Phi) is 5.87. The number of rotatable bonds is 5. The van der Waals surface area contributed by atoms with Gasteiger partial charge < -0.3 is 10.0 Å². The molecule has 5 heteroatoms. The van der Waals surface area contributed by atoms with E-state index < -0.39 is 0 Å². The molecule has 25 heavy (non-hydrogen) atoms. The number of phenols is 1. The highest BCUT2D eigenvalue weighted by atomic mass is 79.9. The number of phenolic OH excluding ortho intramolecular Hbond substituents is 1. The summed E-state index contributed by atoms with van der Waals surface area (Å²) < 4.78 is 1.17. The molecule has 1 N–H and O–H groups in total. The van der Waals surface area contributed by atoms with Gasteiger partial charge in [-0.25, -0.2) is 0 Å². The Hall–Kier alpha value is -1.30. The van der Waals surface area contributed by atoms with Crippen molar-refractivity contribution < 1.29 is 5.11 Å². The van der Waals surface area contributed by atoms with E-state index in [1.807, 2.05) is 18.2 Å². The predicted octanol–water partition coefficient (Wildman–Crippen LogP) is 4.89. The molecule has 2 heterocycles. The summed E-state index contributed by atoms with van der Waals surface area (Å²) in [5.74, 6) is 0.328. The van der Waals surface area contributed by atoms with Gasteiger partial charge in [0, 0.05) is 48.4 Å². The number of hydrogen-bond donors (Lipinski definition) is 1. The number of nitrogens with zero attached hydrogens (tertiary/aromatic N) is 2. The SMILES string of the molecule is C=CCN1C[C@H](C)N(c2c(Br)csc2Cc2cccc(O)c2)C[C@H]1C. The largest absolute Gasteiger partial charge is 0.508 e. The number of hydrogen-bond acceptors (Lipinski definition) is 4. The van der Waals surface area contributed by atoms with Gasteiger partial charge in [0.1, 0.15) is 5.75 Å². The molecule has 0 bridgehead atoms. The van der Waals surface area contributed by atoms with Gasteiger partial charge in [0.05, 0.1) is 10.2 Å². The molecular formula is C20H25BrN2OS. The van der Waals surface area contributed by atoms with E-state index in [0.29, 0.717) is 17.8 Å². The Morgan fingerprint density at radius 2 is 2.12 bits per heavy atom. The molecule has 1 aromatic carbocycles. The molecule has 0 aliphatic carbocycles. The normalized spacial score (nSPS) is 21.5. The van der Waals surface area contributed by atoms with Crippen LogP contribution >= 0.6 is 27.3 Å². The van der Waals surface area contributed by atoms with Crippen molar-refractivity contribution in [1.29, 1.82) is 0 Å². The van der Waals surface area contributed by atoms with Gasteiger partial charge in [0.25, 0.3) is 0 Å². The van der Waals surface area contributed by atoms with Crippen LogP contribution in [0.2, 0.25) is 0 Å². The van der Waals surface area contributed by atoms with Crippen LogP contribution in [-0.2, 0) is 6.42 Å². The summed E-state index contributed by atoms with van der Waals surface area (Å²) in [6.07, 6.45) is 2.83. The lowest BCUT2D eigenvalue weighted by molar-refractivity contribution is 0.184. The zero-order chi connectivity index (χ0) is 18.0. The molecule has 0 unspecified atom stereocenters. The van der Waals surface area contributed by atoms with Crippen molar-refractivity contribution in [2.75, 3.05) is 24.5 Å². The van der Waals surface area contributed by atoms with Crippen LogP contribution in [0.4, 0.5) is 5.69 Å². The van der Waals surface area contributed by atoms with Crippen LogP contribution in [0.3, 0.4) is 0 Å². The van der Waals surface area contributed by atoms with Crippen molar-refractivity contribution in [3.05, 3.63) is 57.2 Å². The number of benzene rings is 1. The summed E-state index contributed by atoms with van der Waals surface area (Å²) in [4.78, 5) is 6.36. The third kappa shape index (κ3) is 4.10. The van der Waals surface area contributed by atoms with Crippen molar-refractivity contribution in [2.45, 2.75) is 32.4 Å². The molecule has 1 saturated heterocycles. The zero-order valence-electron chi connectivity index (χ0n) is 14.8. The lowest BCUT2D eigenvalue weighted by Crippen LogP contribution is -2.56. The van der Waals surface area contributed by atoms with Gasteiger partial charge in [-0.1, -0.05) is 18.2 Å². The smallest absolute Gasteiger partial charge is 0.115 e. The minimum Gasteiger partial charge on any atom is -0.508 e. The minimum absolute atomic E-state index is 0.328. The van der Waals surface area contributed by atoms with E-state index in [-0.39, 0.29) is 0 Å². The Labute approximate surface area is 162 Å². The summed E-state index contributed by atoms with van der Waals surface area (Å²) in [6, 6.07) is 8.50. The maximum absolute atomic E-state index is 9.74.